The molecule has 0 radical (unpaired) electrons. The number of benzene rings is 4. The Bertz CT molecular complexity index is 2140. The van der Waals surface area contributed by atoms with Gasteiger partial charge < -0.3 is 38.6 Å². The van der Waals surface area contributed by atoms with Crippen LogP contribution in [0.4, 0.5) is 0 Å². The first kappa shape index (κ1) is 49.8. The first-order chi connectivity index (χ1) is 34.2. The third-order valence-corrected chi connectivity index (χ3v) is 19.4. The first-order valence-corrected chi connectivity index (χ1v) is 27.5. The molecule has 0 aliphatic heterocycles. The number of hydrogen-bond donors (Lipinski definition) is 2. The Morgan fingerprint density at radius 3 is 1.27 bits per heavy atom. The molecule has 8 heteroatoms. The number of aliphatic hydroxyl groups is 2. The summed E-state index contributed by atoms with van der Waals surface area (Å²) in [6, 6.07) is 34.4. The molecule has 4 aromatic carbocycles. The largest absolute Gasteiger partial charge is 0.489 e. The van der Waals surface area contributed by atoms with E-state index in [4.69, 9.17) is 28.4 Å². The first-order valence-electron chi connectivity index (χ1n) is 27.5. The van der Waals surface area contributed by atoms with Gasteiger partial charge in [-0.1, -0.05) is 86.6 Å². The third kappa shape index (κ3) is 10.4. The smallest absolute Gasteiger partial charge is 0.120 e. The van der Waals surface area contributed by atoms with Gasteiger partial charge in [-0.3, -0.25) is 0 Å². The normalized spacial score (nSPS) is 31.7. The van der Waals surface area contributed by atoms with Crippen molar-refractivity contribution in [1.82, 2.24) is 0 Å². The molecule has 10 atom stereocenters. The van der Waals surface area contributed by atoms with Crippen LogP contribution in [0.15, 0.2) is 97.1 Å². The highest BCUT2D eigenvalue weighted by atomic mass is 16.6. The molecule has 6 aliphatic rings. The Morgan fingerprint density at radius 2 is 0.857 bits per heavy atom. The second-order valence-corrected chi connectivity index (χ2v) is 22.8. The lowest BCUT2D eigenvalue weighted by Crippen LogP contribution is -2.50. The van der Waals surface area contributed by atoms with Crippen LogP contribution in [0.1, 0.15) is 149 Å². The minimum absolute atomic E-state index is 0.0333. The molecule has 378 valence electrons. The molecule has 0 bridgehead atoms. The average Bonchev–Trinajstić information content (AvgIpc) is 3.82. The quantitative estimate of drug-likeness (QED) is 0.0710. The minimum atomic E-state index is -0.618. The number of ether oxygens (including phenoxy) is 6. The predicted octanol–water partition coefficient (Wildman–Crippen LogP) is 12.3. The van der Waals surface area contributed by atoms with Crippen molar-refractivity contribution in [3.63, 3.8) is 0 Å². The number of rotatable bonds is 23. The van der Waals surface area contributed by atoms with E-state index in [1.807, 2.05) is 12.1 Å². The highest BCUT2D eigenvalue weighted by molar-refractivity contribution is 5.42. The molecule has 4 aromatic rings. The van der Waals surface area contributed by atoms with Gasteiger partial charge in [0.2, 0.25) is 0 Å². The Hall–Kier alpha value is -3.76. The van der Waals surface area contributed by atoms with Crippen molar-refractivity contribution in [2.75, 3.05) is 52.9 Å². The van der Waals surface area contributed by atoms with Crippen LogP contribution in [0, 0.1) is 34.5 Å². The lowest BCUT2D eigenvalue weighted by atomic mass is 9.53. The van der Waals surface area contributed by atoms with Gasteiger partial charge in [-0.05, 0) is 207 Å². The van der Waals surface area contributed by atoms with Gasteiger partial charge in [0.05, 0.1) is 50.8 Å². The zero-order chi connectivity index (χ0) is 48.0. The highest BCUT2D eigenvalue weighted by Crippen LogP contribution is 2.67. The summed E-state index contributed by atoms with van der Waals surface area (Å²) in [6.45, 7) is 10.5. The SMILES string of the molecule is C[C@]12CC[C@@H]3c4ccc(OCc5ccccc5)cc4CC[C@H]3[C@@H]1CC[C@@]2(O)CCCOCCOCCOCCOCCC[C@]1(O)CC[C@H]2[C@@H]3CCc4cc(OCc5ccccc5)ccc4[C@H]3CC[C@@]21C. The van der Waals surface area contributed by atoms with Crippen molar-refractivity contribution in [2.24, 2.45) is 34.5 Å². The van der Waals surface area contributed by atoms with E-state index in [9.17, 15) is 10.2 Å². The molecule has 2 N–H and O–H groups in total. The molecule has 0 saturated heterocycles. The van der Waals surface area contributed by atoms with Crippen LogP contribution in [-0.4, -0.2) is 74.3 Å². The van der Waals surface area contributed by atoms with Crippen LogP contribution < -0.4 is 9.47 Å². The molecule has 0 heterocycles. The topological polar surface area (TPSA) is 95.8 Å². The molecular weight excluding hydrogens is 873 g/mol. The van der Waals surface area contributed by atoms with E-state index in [0.29, 0.717) is 102 Å². The van der Waals surface area contributed by atoms with E-state index < -0.39 is 11.2 Å². The van der Waals surface area contributed by atoms with Gasteiger partial charge in [0.1, 0.15) is 24.7 Å². The standard InChI is InChI=1S/C62H82O8/c1-59-29-23-53-51-21-17-49(69-43-45-11-5-3-6-12-45)41-47(51)15-19-55(53)57(59)25-31-61(59,63)27-9-33-65-35-37-67-39-40-68-38-36-66-34-10-28-62(64)32-26-58-56-20-16-48-42-50(70-44-46-13-7-4-8-14-46)18-22-52(48)54(56)24-30-60(58,62)2/h3-8,11-14,17-18,21-22,41-42,53-58,63-64H,9-10,15-16,19-20,23-40,43-44H2,1-2H3/t53-,54-,55-,56-,57+,58+,59+,60+,61+,62+/m1/s1. The van der Waals surface area contributed by atoms with Gasteiger partial charge in [0, 0.05) is 13.2 Å². The lowest BCUT2D eigenvalue weighted by molar-refractivity contribution is -0.111. The minimum Gasteiger partial charge on any atom is -0.489 e. The summed E-state index contributed by atoms with van der Waals surface area (Å²) in [6.07, 6.45) is 16.5. The fraction of sp³-hybridized carbons (Fsp3) is 0.613. The maximum Gasteiger partial charge on any atom is 0.120 e. The Labute approximate surface area is 419 Å². The van der Waals surface area contributed by atoms with Crippen molar-refractivity contribution in [1.29, 1.82) is 0 Å². The van der Waals surface area contributed by atoms with E-state index in [1.54, 1.807) is 0 Å². The number of fused-ring (bicyclic) bond motifs is 10. The van der Waals surface area contributed by atoms with E-state index >= 15 is 0 Å². The van der Waals surface area contributed by atoms with Gasteiger partial charge >= 0.3 is 0 Å². The van der Waals surface area contributed by atoms with Gasteiger partial charge in [-0.25, -0.2) is 0 Å². The summed E-state index contributed by atoms with van der Waals surface area (Å²) >= 11 is 0. The Kier molecular flexibility index (Phi) is 15.8. The summed E-state index contributed by atoms with van der Waals surface area (Å²) in [4.78, 5) is 0. The molecule has 10 rings (SSSR count). The monoisotopic (exact) mass is 955 g/mol. The van der Waals surface area contributed by atoms with E-state index in [2.05, 4.69) is 98.8 Å². The van der Waals surface area contributed by atoms with Gasteiger partial charge in [0.15, 0.2) is 0 Å². The molecule has 0 unspecified atom stereocenters. The second-order valence-electron chi connectivity index (χ2n) is 22.8. The predicted molar refractivity (Wildman–Crippen MR) is 275 cm³/mol. The van der Waals surface area contributed by atoms with Gasteiger partial charge in [0.25, 0.3) is 0 Å². The van der Waals surface area contributed by atoms with Crippen molar-refractivity contribution >= 4 is 0 Å². The number of aryl methyl sites for hydroxylation is 2. The maximum absolute atomic E-state index is 12.2. The molecule has 4 fully saturated rings. The lowest BCUT2D eigenvalue weighted by Gasteiger charge is -2.53. The molecule has 6 aliphatic carbocycles. The van der Waals surface area contributed by atoms with Gasteiger partial charge in [-0.2, -0.15) is 0 Å². The van der Waals surface area contributed by atoms with Crippen LogP contribution in [0.25, 0.3) is 0 Å². The fourth-order valence-corrected chi connectivity index (χ4v) is 15.5. The molecule has 70 heavy (non-hydrogen) atoms. The molecule has 4 saturated carbocycles. The molecule has 8 nitrogen and oxygen atoms in total. The van der Waals surface area contributed by atoms with Crippen molar-refractivity contribution in [3.05, 3.63) is 130 Å². The van der Waals surface area contributed by atoms with E-state index in [0.717, 1.165) is 101 Å². The van der Waals surface area contributed by atoms with Crippen molar-refractivity contribution in [2.45, 2.75) is 153 Å². The molecule has 0 spiro atoms. The van der Waals surface area contributed by atoms with Crippen molar-refractivity contribution < 1.29 is 38.6 Å². The summed E-state index contributed by atoms with van der Waals surface area (Å²) in [7, 11) is 0. The second kappa shape index (κ2) is 22.2. The molecule has 0 amide bonds. The highest BCUT2D eigenvalue weighted by Gasteiger charge is 2.62. The Balaban J connectivity index is 0.558. The molecular formula is C62H82O8. The van der Waals surface area contributed by atoms with E-state index in [-0.39, 0.29) is 10.8 Å². The van der Waals surface area contributed by atoms with E-state index in [1.165, 1.54) is 46.2 Å². The summed E-state index contributed by atoms with van der Waals surface area (Å²) in [5.41, 5.74) is 7.05. The van der Waals surface area contributed by atoms with Gasteiger partial charge in [-0.15, -0.1) is 0 Å². The fourth-order valence-electron chi connectivity index (χ4n) is 15.5. The van der Waals surface area contributed by atoms with Crippen LogP contribution in [0.5, 0.6) is 11.5 Å². The summed E-state index contributed by atoms with van der Waals surface area (Å²) in [5, 5.41) is 24.4. The van der Waals surface area contributed by atoms with Crippen LogP contribution in [-0.2, 0) is 45.0 Å². The van der Waals surface area contributed by atoms with Crippen molar-refractivity contribution in [3.8, 4) is 11.5 Å². The van der Waals surface area contributed by atoms with Crippen LogP contribution in [0.3, 0.4) is 0 Å². The third-order valence-electron chi connectivity index (χ3n) is 19.4. The molecule has 0 aromatic heterocycles. The zero-order valence-electron chi connectivity index (χ0n) is 42.4. The number of hydrogen-bond acceptors (Lipinski definition) is 8. The summed E-state index contributed by atoms with van der Waals surface area (Å²) in [5.74, 6) is 5.54. The van der Waals surface area contributed by atoms with Crippen LogP contribution >= 0.6 is 0 Å². The summed E-state index contributed by atoms with van der Waals surface area (Å²) < 4.78 is 35.9. The average molecular weight is 955 g/mol. The van der Waals surface area contributed by atoms with Crippen LogP contribution in [0.2, 0.25) is 0 Å². The zero-order valence-corrected chi connectivity index (χ0v) is 42.4. The maximum atomic E-state index is 12.2. The Morgan fingerprint density at radius 1 is 0.457 bits per heavy atom.